The third-order valence-electron chi connectivity index (χ3n) is 3.80. The molecule has 0 fully saturated rings. The largest absolute Gasteiger partial charge is 0.478 e. The van der Waals surface area contributed by atoms with Crippen LogP contribution in [-0.2, 0) is 5.54 Å². The van der Waals surface area contributed by atoms with Gasteiger partial charge in [-0.05, 0) is 24.3 Å². The summed E-state index contributed by atoms with van der Waals surface area (Å²) in [5.74, 6) is -2.68. The van der Waals surface area contributed by atoms with E-state index in [0.717, 1.165) is 12.1 Å². The number of para-hydroxylation sites is 1. The smallest absolute Gasteiger partial charge is 0.373 e. The first-order valence-electron chi connectivity index (χ1n) is 6.67. The van der Waals surface area contributed by atoms with Crippen molar-refractivity contribution in [2.24, 2.45) is 0 Å². The van der Waals surface area contributed by atoms with Crippen LogP contribution in [0.25, 0.3) is 4.85 Å². The first-order chi connectivity index (χ1) is 11.4. The van der Waals surface area contributed by atoms with Gasteiger partial charge in [-0.1, -0.05) is 12.1 Å². The second-order valence-corrected chi connectivity index (χ2v) is 5.04. The molecule has 2 aromatic carbocycles. The monoisotopic (exact) mass is 320 g/mol. The molecule has 0 aliphatic carbocycles. The molecule has 3 rings (SSSR count). The summed E-state index contributed by atoms with van der Waals surface area (Å²) in [6.45, 7) is 7.51. The number of hydrogen-bond donors (Lipinski definition) is 2. The maximum absolute atomic E-state index is 11.4. The number of carboxylic acid groups (broad SMARTS) is 2. The third-order valence-corrected chi connectivity index (χ3v) is 3.80. The van der Waals surface area contributed by atoms with E-state index >= 15 is 0 Å². The zero-order chi connectivity index (χ0) is 17.5. The molecule has 0 saturated heterocycles. The van der Waals surface area contributed by atoms with Crippen molar-refractivity contribution < 1.29 is 24.5 Å². The fourth-order valence-corrected chi connectivity index (χ4v) is 2.68. The molecule has 0 saturated carbocycles. The number of hydrogen-bond acceptors (Lipinski definition) is 4. The molecule has 116 valence electrons. The van der Waals surface area contributed by atoms with Gasteiger partial charge in [0, 0.05) is 0 Å². The Morgan fingerprint density at radius 1 is 1.08 bits per heavy atom. The van der Waals surface area contributed by atoms with Crippen molar-refractivity contribution in [1.29, 1.82) is 5.26 Å². The van der Waals surface area contributed by atoms with E-state index in [-0.39, 0.29) is 22.6 Å². The van der Waals surface area contributed by atoms with Gasteiger partial charge in [0.15, 0.2) is 6.07 Å². The Kier molecular flexibility index (Phi) is 3.21. The molecule has 2 N–H and O–H groups in total. The summed E-state index contributed by atoms with van der Waals surface area (Å²) >= 11 is 0. The topological polar surface area (TPSA) is 112 Å². The van der Waals surface area contributed by atoms with Crippen LogP contribution in [0, 0.1) is 17.9 Å². The predicted molar refractivity (Wildman–Crippen MR) is 79.9 cm³/mol. The van der Waals surface area contributed by atoms with E-state index in [4.69, 9.17) is 11.3 Å². The van der Waals surface area contributed by atoms with Gasteiger partial charge in [0.2, 0.25) is 0 Å². The molecular weight excluding hydrogens is 312 g/mol. The van der Waals surface area contributed by atoms with E-state index in [1.54, 1.807) is 24.3 Å². The highest BCUT2D eigenvalue weighted by Gasteiger charge is 2.50. The minimum absolute atomic E-state index is 0.0149. The Labute approximate surface area is 135 Å². The van der Waals surface area contributed by atoms with Gasteiger partial charge < -0.3 is 14.9 Å². The summed E-state index contributed by atoms with van der Waals surface area (Å²) in [5.41, 5.74) is -2.48. The molecular formula is C17H8N2O5. The van der Waals surface area contributed by atoms with Gasteiger partial charge in [-0.15, -0.1) is 0 Å². The highest BCUT2D eigenvalue weighted by atomic mass is 16.5. The molecule has 1 aliphatic rings. The van der Waals surface area contributed by atoms with Gasteiger partial charge in [0.1, 0.15) is 17.1 Å². The van der Waals surface area contributed by atoms with Crippen LogP contribution in [0.1, 0.15) is 31.8 Å². The van der Waals surface area contributed by atoms with Crippen molar-refractivity contribution in [3.63, 3.8) is 0 Å². The molecule has 1 aliphatic heterocycles. The molecule has 0 amide bonds. The average molecular weight is 320 g/mol. The van der Waals surface area contributed by atoms with Crippen molar-refractivity contribution in [3.8, 4) is 17.6 Å². The lowest BCUT2D eigenvalue weighted by molar-refractivity contribution is 0.0651. The third kappa shape index (κ3) is 1.89. The second kappa shape index (κ2) is 5.11. The molecule has 1 unspecified atom stereocenters. The predicted octanol–water partition coefficient (Wildman–Crippen LogP) is 2.88. The van der Waals surface area contributed by atoms with Crippen molar-refractivity contribution in [1.82, 2.24) is 0 Å². The van der Waals surface area contributed by atoms with Crippen LogP contribution in [-0.4, -0.2) is 22.2 Å². The van der Waals surface area contributed by atoms with Crippen LogP contribution in [0.5, 0.6) is 11.5 Å². The van der Waals surface area contributed by atoms with E-state index in [1.165, 1.54) is 0 Å². The number of carboxylic acids is 2. The summed E-state index contributed by atoms with van der Waals surface area (Å²) in [6.07, 6.45) is 0. The fraction of sp³-hybridized carbons (Fsp3) is 0.0588. The Morgan fingerprint density at radius 2 is 1.71 bits per heavy atom. The van der Waals surface area contributed by atoms with Gasteiger partial charge in [0.25, 0.3) is 0 Å². The van der Waals surface area contributed by atoms with E-state index in [0.29, 0.717) is 0 Å². The summed E-state index contributed by atoms with van der Waals surface area (Å²) in [6, 6.07) is 10.4. The zero-order valence-corrected chi connectivity index (χ0v) is 12.0. The van der Waals surface area contributed by atoms with Gasteiger partial charge in [-0.25, -0.2) is 16.2 Å². The summed E-state index contributed by atoms with van der Waals surface area (Å²) in [4.78, 5) is 26.1. The number of fused-ring (bicyclic) bond motifs is 2. The van der Waals surface area contributed by atoms with Crippen molar-refractivity contribution in [2.45, 2.75) is 5.54 Å². The van der Waals surface area contributed by atoms with Crippen LogP contribution in [0.2, 0.25) is 0 Å². The maximum atomic E-state index is 11.4. The maximum Gasteiger partial charge on any atom is 0.373 e. The van der Waals surface area contributed by atoms with Crippen LogP contribution < -0.4 is 4.74 Å². The van der Waals surface area contributed by atoms with Crippen molar-refractivity contribution in [2.75, 3.05) is 0 Å². The summed E-state index contributed by atoms with van der Waals surface area (Å²) in [7, 11) is 0. The quantitative estimate of drug-likeness (QED) is 0.823. The molecule has 7 heteroatoms. The molecule has 0 aromatic heterocycles. The second-order valence-electron chi connectivity index (χ2n) is 5.04. The molecule has 1 atom stereocenters. The molecule has 7 nitrogen and oxygen atoms in total. The lowest BCUT2D eigenvalue weighted by Gasteiger charge is -2.26. The van der Waals surface area contributed by atoms with E-state index < -0.39 is 28.6 Å². The van der Waals surface area contributed by atoms with Crippen molar-refractivity contribution >= 4 is 11.9 Å². The van der Waals surface area contributed by atoms with E-state index in [2.05, 4.69) is 4.85 Å². The SMILES string of the molecule is [C-]#[N+]C1(C#N)c2ccccc2Oc2cc(C(=O)O)c(C(=O)O)cc21. The molecule has 24 heavy (non-hydrogen) atoms. The number of nitrogens with zero attached hydrogens (tertiary/aromatic N) is 2. The van der Waals surface area contributed by atoms with Crippen LogP contribution in [0.3, 0.4) is 0 Å². The van der Waals surface area contributed by atoms with Gasteiger partial charge in [-0.2, -0.15) is 5.26 Å². The van der Waals surface area contributed by atoms with E-state index in [9.17, 15) is 25.1 Å². The average Bonchev–Trinajstić information content (AvgIpc) is 2.58. The Balaban J connectivity index is 2.41. The van der Waals surface area contributed by atoms with Gasteiger partial charge in [0.05, 0.1) is 16.7 Å². The minimum Gasteiger partial charge on any atom is -0.478 e. The molecule has 1 heterocycles. The highest BCUT2D eigenvalue weighted by Crippen LogP contribution is 2.49. The lowest BCUT2D eigenvalue weighted by atomic mass is 9.80. The first-order valence-corrected chi connectivity index (χ1v) is 6.67. The standard InChI is InChI=1S/C17H8N2O5/c1-19-17(8-18)11-4-2-3-5-13(11)24-14-7-10(16(22)23)9(15(20)21)6-12(14)17/h2-7H,(H,20,21)(H,22,23). The summed E-state index contributed by atoms with van der Waals surface area (Å²) in [5, 5.41) is 28.1. The zero-order valence-electron chi connectivity index (χ0n) is 12.0. The van der Waals surface area contributed by atoms with Gasteiger partial charge in [-0.3, -0.25) is 4.85 Å². The number of nitriles is 1. The molecule has 0 radical (unpaired) electrons. The van der Waals surface area contributed by atoms with E-state index in [1.807, 2.05) is 6.07 Å². The molecule has 2 aromatic rings. The molecule has 0 spiro atoms. The Bertz CT molecular complexity index is 967. The Morgan fingerprint density at radius 3 is 2.29 bits per heavy atom. The Hall–Kier alpha value is -3.84. The number of carbonyl (C=O) groups is 2. The minimum atomic E-state index is -1.80. The lowest BCUT2D eigenvalue weighted by Crippen LogP contribution is -2.27. The van der Waals surface area contributed by atoms with Crippen LogP contribution in [0.4, 0.5) is 0 Å². The normalized spacial score (nSPS) is 17.4. The van der Waals surface area contributed by atoms with Crippen LogP contribution in [0.15, 0.2) is 36.4 Å². The summed E-state index contributed by atoms with van der Waals surface area (Å²) < 4.78 is 5.61. The number of rotatable bonds is 2. The highest BCUT2D eigenvalue weighted by molar-refractivity contribution is 6.02. The first kappa shape index (κ1) is 15.1. The number of ether oxygens (including phenoxy) is 1. The van der Waals surface area contributed by atoms with Crippen molar-refractivity contribution in [3.05, 3.63) is 70.1 Å². The van der Waals surface area contributed by atoms with Gasteiger partial charge >= 0.3 is 17.5 Å². The van der Waals surface area contributed by atoms with Crippen LogP contribution >= 0.6 is 0 Å². The fourth-order valence-electron chi connectivity index (χ4n) is 2.68. The number of benzene rings is 2. The number of aromatic carboxylic acids is 2. The molecule has 0 bridgehead atoms.